The highest BCUT2D eigenvalue weighted by atomic mass is 79.9. The Bertz CT molecular complexity index is 507. The Morgan fingerprint density at radius 3 is 2.80 bits per heavy atom. The number of aromatic nitrogens is 1. The summed E-state index contributed by atoms with van der Waals surface area (Å²) < 4.78 is 2.98. The van der Waals surface area contributed by atoms with E-state index in [1.54, 1.807) is 0 Å². The van der Waals surface area contributed by atoms with Crippen LogP contribution in [0.1, 0.15) is 49.6 Å². The van der Waals surface area contributed by atoms with Crippen LogP contribution in [0.5, 0.6) is 0 Å². The third-order valence-corrected chi connectivity index (χ3v) is 4.66. The maximum Gasteiger partial charge on any atom is 0.268 e. The number of amides is 1. The average Bonchev–Trinajstić information content (AvgIpc) is 3.01. The number of hydrogen-bond donors (Lipinski definition) is 1. The minimum Gasteiger partial charge on any atom is -0.347 e. The van der Waals surface area contributed by atoms with Crippen molar-refractivity contribution in [3.63, 3.8) is 0 Å². The van der Waals surface area contributed by atoms with Gasteiger partial charge in [0.25, 0.3) is 5.91 Å². The topological polar surface area (TPSA) is 37.3 Å². The molecular weight excluding hydrogens is 318 g/mol. The molecule has 1 atom stereocenters. The second-order valence-corrected chi connectivity index (χ2v) is 7.15. The van der Waals surface area contributed by atoms with E-state index >= 15 is 0 Å². The molecule has 20 heavy (non-hydrogen) atoms. The van der Waals surface area contributed by atoms with Crippen molar-refractivity contribution in [2.45, 2.75) is 51.2 Å². The van der Waals surface area contributed by atoms with E-state index in [9.17, 15) is 4.79 Å². The van der Waals surface area contributed by atoms with E-state index in [4.69, 9.17) is 0 Å². The molecule has 0 radical (unpaired) electrons. The molecule has 1 aromatic heterocycles. The quantitative estimate of drug-likeness (QED) is 0.915. The number of carbonyl (C=O) groups excluding carboxylic acids is 1. The highest BCUT2D eigenvalue weighted by Gasteiger charge is 2.35. The average molecular weight is 340 g/mol. The fourth-order valence-electron chi connectivity index (χ4n) is 2.99. The molecule has 0 bridgehead atoms. The smallest absolute Gasteiger partial charge is 0.268 e. The number of likely N-dealkylation sites (tertiary alicyclic amines) is 1. The van der Waals surface area contributed by atoms with Gasteiger partial charge in [-0.1, -0.05) is 0 Å². The van der Waals surface area contributed by atoms with E-state index in [2.05, 4.69) is 40.0 Å². The molecule has 110 valence electrons. The summed E-state index contributed by atoms with van der Waals surface area (Å²) in [5.41, 5.74) is 0.747. The first-order valence-corrected chi connectivity index (χ1v) is 8.26. The maximum atomic E-state index is 12.5. The first-order chi connectivity index (χ1) is 9.54. The summed E-state index contributed by atoms with van der Waals surface area (Å²) in [5.74, 6) is 0.0482. The molecule has 2 aliphatic rings. The van der Waals surface area contributed by atoms with Crippen LogP contribution in [0.2, 0.25) is 0 Å². The van der Waals surface area contributed by atoms with Crippen LogP contribution in [0.15, 0.2) is 16.7 Å². The monoisotopic (exact) mass is 339 g/mol. The highest BCUT2D eigenvalue weighted by molar-refractivity contribution is 9.10. The third-order valence-electron chi connectivity index (χ3n) is 4.22. The standard InChI is InChI=1S/C15H22BrN3O/c1-10(2)19-8-11(16)7-14(19)15(20)17-12-5-6-18(9-12)13-3-4-13/h7-8,10,12-13H,3-6,9H2,1-2H3,(H,17,20). The summed E-state index contributed by atoms with van der Waals surface area (Å²) in [6.45, 7) is 6.33. The number of halogens is 1. The number of nitrogens with one attached hydrogen (secondary N) is 1. The molecule has 1 unspecified atom stereocenters. The molecule has 1 N–H and O–H groups in total. The predicted octanol–water partition coefficient (Wildman–Crippen LogP) is 2.80. The Kier molecular flexibility index (Phi) is 3.91. The lowest BCUT2D eigenvalue weighted by atomic mass is 10.2. The molecule has 2 fully saturated rings. The molecule has 1 aliphatic heterocycles. The van der Waals surface area contributed by atoms with Crippen molar-refractivity contribution in [3.8, 4) is 0 Å². The SMILES string of the molecule is CC(C)n1cc(Br)cc1C(=O)NC1CCN(C2CC2)C1. The first kappa shape index (κ1) is 14.1. The minimum atomic E-state index is 0.0482. The van der Waals surface area contributed by atoms with Gasteiger partial charge in [-0.15, -0.1) is 0 Å². The van der Waals surface area contributed by atoms with E-state index in [1.165, 1.54) is 12.8 Å². The van der Waals surface area contributed by atoms with E-state index in [0.29, 0.717) is 6.04 Å². The van der Waals surface area contributed by atoms with Crippen LogP contribution < -0.4 is 5.32 Å². The van der Waals surface area contributed by atoms with E-state index in [0.717, 1.165) is 35.7 Å². The zero-order chi connectivity index (χ0) is 14.3. The molecule has 1 aromatic rings. The van der Waals surface area contributed by atoms with Gasteiger partial charge in [-0.05, 0) is 55.1 Å². The van der Waals surface area contributed by atoms with Crippen molar-refractivity contribution in [3.05, 3.63) is 22.4 Å². The Morgan fingerprint density at radius 2 is 2.15 bits per heavy atom. The van der Waals surface area contributed by atoms with Gasteiger partial charge in [0.15, 0.2) is 0 Å². The molecule has 1 saturated heterocycles. The van der Waals surface area contributed by atoms with Crippen LogP contribution in [0, 0.1) is 0 Å². The van der Waals surface area contributed by atoms with Crippen LogP contribution in [0.25, 0.3) is 0 Å². The van der Waals surface area contributed by atoms with Crippen LogP contribution in [-0.4, -0.2) is 40.5 Å². The normalized spacial score (nSPS) is 23.5. The Balaban J connectivity index is 1.64. The molecule has 2 heterocycles. The number of nitrogens with zero attached hydrogens (tertiary/aromatic N) is 2. The number of carbonyl (C=O) groups is 1. The van der Waals surface area contributed by atoms with Crippen molar-refractivity contribution in [1.29, 1.82) is 0 Å². The fourth-order valence-corrected chi connectivity index (χ4v) is 3.43. The largest absolute Gasteiger partial charge is 0.347 e. The van der Waals surface area contributed by atoms with Gasteiger partial charge in [0.1, 0.15) is 5.69 Å². The van der Waals surface area contributed by atoms with Gasteiger partial charge in [0.2, 0.25) is 0 Å². The first-order valence-electron chi connectivity index (χ1n) is 7.47. The molecule has 0 aromatic carbocycles. The Morgan fingerprint density at radius 1 is 1.40 bits per heavy atom. The number of hydrogen-bond acceptors (Lipinski definition) is 2. The van der Waals surface area contributed by atoms with Crippen molar-refractivity contribution in [2.75, 3.05) is 13.1 Å². The van der Waals surface area contributed by atoms with Crippen molar-refractivity contribution in [2.24, 2.45) is 0 Å². The van der Waals surface area contributed by atoms with E-state index in [1.807, 2.05) is 16.8 Å². The molecule has 1 aliphatic carbocycles. The highest BCUT2D eigenvalue weighted by Crippen LogP contribution is 2.30. The summed E-state index contributed by atoms with van der Waals surface area (Å²) in [5, 5.41) is 3.19. The van der Waals surface area contributed by atoms with Crippen LogP contribution in [-0.2, 0) is 0 Å². The third kappa shape index (κ3) is 2.93. The predicted molar refractivity (Wildman–Crippen MR) is 83.0 cm³/mol. The second kappa shape index (κ2) is 5.53. The van der Waals surface area contributed by atoms with E-state index < -0.39 is 0 Å². The molecular formula is C15H22BrN3O. The van der Waals surface area contributed by atoms with Gasteiger partial charge >= 0.3 is 0 Å². The lowest BCUT2D eigenvalue weighted by molar-refractivity contribution is 0.0926. The molecule has 3 rings (SSSR count). The van der Waals surface area contributed by atoms with Crippen LogP contribution in [0.3, 0.4) is 0 Å². The van der Waals surface area contributed by atoms with Gasteiger partial charge < -0.3 is 9.88 Å². The molecule has 5 heteroatoms. The van der Waals surface area contributed by atoms with E-state index in [-0.39, 0.29) is 11.9 Å². The molecule has 0 spiro atoms. The maximum absolute atomic E-state index is 12.5. The summed E-state index contributed by atoms with van der Waals surface area (Å²) in [7, 11) is 0. The molecule has 1 amide bonds. The van der Waals surface area contributed by atoms with Gasteiger partial charge in [0, 0.05) is 41.9 Å². The van der Waals surface area contributed by atoms with Gasteiger partial charge in [0.05, 0.1) is 0 Å². The van der Waals surface area contributed by atoms with Crippen LogP contribution >= 0.6 is 15.9 Å². The van der Waals surface area contributed by atoms with Gasteiger partial charge in [-0.25, -0.2) is 0 Å². The summed E-state index contributed by atoms with van der Waals surface area (Å²) in [6.07, 6.45) is 5.73. The summed E-state index contributed by atoms with van der Waals surface area (Å²) in [4.78, 5) is 15.0. The second-order valence-electron chi connectivity index (χ2n) is 6.23. The molecule has 4 nitrogen and oxygen atoms in total. The van der Waals surface area contributed by atoms with Crippen LogP contribution in [0.4, 0.5) is 0 Å². The van der Waals surface area contributed by atoms with Crippen molar-refractivity contribution in [1.82, 2.24) is 14.8 Å². The molecule has 1 saturated carbocycles. The summed E-state index contributed by atoms with van der Waals surface area (Å²) in [6, 6.07) is 3.29. The van der Waals surface area contributed by atoms with Crippen molar-refractivity contribution < 1.29 is 4.79 Å². The minimum absolute atomic E-state index is 0.0482. The zero-order valence-electron chi connectivity index (χ0n) is 12.1. The lowest BCUT2D eigenvalue weighted by Crippen LogP contribution is -2.38. The Hall–Kier alpha value is -0.810. The number of rotatable bonds is 4. The van der Waals surface area contributed by atoms with Gasteiger partial charge in [-0.2, -0.15) is 0 Å². The van der Waals surface area contributed by atoms with Gasteiger partial charge in [-0.3, -0.25) is 9.69 Å². The van der Waals surface area contributed by atoms with Crippen molar-refractivity contribution >= 4 is 21.8 Å². The zero-order valence-corrected chi connectivity index (χ0v) is 13.7. The lowest BCUT2D eigenvalue weighted by Gasteiger charge is -2.17. The summed E-state index contributed by atoms with van der Waals surface area (Å²) >= 11 is 3.46. The fraction of sp³-hybridized carbons (Fsp3) is 0.667. The Labute approximate surface area is 128 Å².